The molecule has 105 heavy (non-hydrogen) atoms. The van der Waals surface area contributed by atoms with Gasteiger partial charge in [0.15, 0.2) is 17.9 Å². The lowest BCUT2D eigenvalue weighted by Gasteiger charge is -2.40. The van der Waals surface area contributed by atoms with Crippen LogP contribution in [0.15, 0.2) is 30.3 Å². The van der Waals surface area contributed by atoms with Gasteiger partial charge in [-0.3, -0.25) is 83.4 Å². The summed E-state index contributed by atoms with van der Waals surface area (Å²) in [5.41, 5.74) is 22.5. The number of amides is 12. The molecule has 1 aliphatic rings. The van der Waals surface area contributed by atoms with Gasteiger partial charge in [0.2, 0.25) is 77.2 Å². The maximum Gasteiger partial charge on any atom is 0.305 e. The molecule has 1 aliphatic carbocycles. The van der Waals surface area contributed by atoms with Crippen LogP contribution in [0.1, 0.15) is 130 Å². The van der Waals surface area contributed by atoms with Gasteiger partial charge in [0.1, 0.15) is 60.4 Å². The Bertz CT molecular complexity index is 3100. The number of carbonyl (C=O) groups is 13. The third-order valence-electron chi connectivity index (χ3n) is 17.2. The van der Waals surface area contributed by atoms with E-state index in [4.69, 9.17) is 44.3 Å². The molecular weight excluding hydrogens is 1390 g/mol. The maximum atomic E-state index is 15.1. The molecule has 0 saturated heterocycles. The molecule has 0 aromatic heterocycles. The van der Waals surface area contributed by atoms with E-state index in [0.29, 0.717) is 24.8 Å². The topological polar surface area (TPSA) is 647 Å². The first kappa shape index (κ1) is 91.1. The first-order chi connectivity index (χ1) is 49.7. The number of aliphatic hydroxyl groups is 2. The highest BCUT2D eigenvalue weighted by Gasteiger charge is 2.40. The average molecular weight is 1500 g/mol. The number of thiol groups is 1. The molecule has 39 nitrogen and oxygen atoms in total. The zero-order valence-electron chi connectivity index (χ0n) is 60.0. The molecule has 0 bridgehead atoms. The van der Waals surface area contributed by atoms with Crippen molar-refractivity contribution in [3.8, 4) is 0 Å². The second-order valence-electron chi connectivity index (χ2n) is 25.5. The molecule has 2 rings (SSSR count). The highest BCUT2D eigenvalue weighted by Crippen LogP contribution is 2.27. The Balaban J connectivity index is 2.41. The van der Waals surface area contributed by atoms with Crippen LogP contribution >= 0.6 is 12.6 Å². The number of hydrogen-bond acceptors (Lipinski definition) is 21. The Morgan fingerprint density at radius 3 is 1.46 bits per heavy atom. The number of carboxylic acids is 1. The highest BCUT2D eigenvalue weighted by atomic mass is 32.1. The SMILES string of the molecule is CC[C@H](C)[C@H](NC(=O)[C@H](CCCNC(=N)N)NC(=O)CNC(=O)CNC(=O)[C@H](C)NC(=O)[C@H](CS)NC(=O)[C@H](CO)NC(=O)[C@@H](N)CO)C(=O)N[C@@H](CC(=O)O)C(=O)N[C@@H](CCCNC(=N)N)C(=O)N[C@H](C(=O)N[C@@H](Cc1ccccc1)C(=O)N(C1CCCCC1)[C@H]([C]=O)CCCNC(=N)N)[C@@H](C)CC. The van der Waals surface area contributed by atoms with Gasteiger partial charge in [0.25, 0.3) is 0 Å². The van der Waals surface area contributed by atoms with Crippen LogP contribution in [0.25, 0.3) is 0 Å². The molecular formula is C65H109N22O17S. The van der Waals surface area contributed by atoms with E-state index in [9.17, 15) is 72.5 Å². The van der Waals surface area contributed by atoms with Crippen molar-refractivity contribution < 1.29 is 82.4 Å². The number of nitrogens with two attached hydrogens (primary N) is 4. The van der Waals surface area contributed by atoms with Crippen LogP contribution in [0.3, 0.4) is 0 Å². The lowest BCUT2D eigenvalue weighted by atomic mass is 9.91. The molecule has 1 radical (unpaired) electrons. The van der Waals surface area contributed by atoms with Crippen LogP contribution in [-0.2, 0) is 73.5 Å². The number of carboxylic acid groups (broad SMARTS) is 1. The molecule has 13 atom stereocenters. The summed E-state index contributed by atoms with van der Waals surface area (Å²) in [5.74, 6) is -15.8. The van der Waals surface area contributed by atoms with Crippen molar-refractivity contribution in [1.29, 1.82) is 16.2 Å². The van der Waals surface area contributed by atoms with Crippen molar-refractivity contribution in [2.75, 3.05) is 51.7 Å². The van der Waals surface area contributed by atoms with Gasteiger partial charge in [0.05, 0.1) is 38.8 Å². The zero-order chi connectivity index (χ0) is 78.9. The Morgan fingerprint density at radius 2 is 0.981 bits per heavy atom. The lowest BCUT2D eigenvalue weighted by molar-refractivity contribution is -0.142. The molecule has 0 aliphatic heterocycles. The lowest BCUT2D eigenvalue weighted by Crippen LogP contribution is -2.62. The monoisotopic (exact) mass is 1500 g/mol. The van der Waals surface area contributed by atoms with Crippen molar-refractivity contribution in [2.45, 2.75) is 203 Å². The highest BCUT2D eigenvalue weighted by molar-refractivity contribution is 7.80. The first-order valence-corrected chi connectivity index (χ1v) is 35.4. The van der Waals surface area contributed by atoms with E-state index in [0.717, 1.165) is 19.3 Å². The minimum absolute atomic E-state index is 0.00693. The van der Waals surface area contributed by atoms with Crippen LogP contribution in [0.4, 0.5) is 0 Å². The molecule has 1 aromatic rings. The van der Waals surface area contributed by atoms with E-state index in [1.807, 2.05) is 6.29 Å². The van der Waals surface area contributed by atoms with Gasteiger partial charge in [-0.15, -0.1) is 0 Å². The van der Waals surface area contributed by atoms with E-state index in [2.05, 4.69) is 87.1 Å². The molecule has 0 unspecified atom stereocenters. The van der Waals surface area contributed by atoms with Crippen molar-refractivity contribution >= 4 is 114 Å². The largest absolute Gasteiger partial charge is 0.481 e. The van der Waals surface area contributed by atoms with Crippen molar-refractivity contribution in [3.05, 3.63) is 35.9 Å². The van der Waals surface area contributed by atoms with E-state index in [1.54, 1.807) is 58.0 Å². The number of nitrogens with one attached hydrogen (secondary N) is 17. The summed E-state index contributed by atoms with van der Waals surface area (Å²) in [4.78, 5) is 192. The summed E-state index contributed by atoms with van der Waals surface area (Å²) in [6.07, 6.45) is 5.22. The molecule has 40 heteroatoms. The third-order valence-corrected chi connectivity index (χ3v) is 17.6. The molecule has 0 spiro atoms. The van der Waals surface area contributed by atoms with Crippen LogP contribution in [0, 0.1) is 28.1 Å². The Hall–Kier alpha value is -9.96. The van der Waals surface area contributed by atoms with Crippen LogP contribution in [0.2, 0.25) is 0 Å². The van der Waals surface area contributed by atoms with Crippen molar-refractivity contribution in [1.82, 2.24) is 79.3 Å². The van der Waals surface area contributed by atoms with Crippen LogP contribution < -0.4 is 97.4 Å². The van der Waals surface area contributed by atoms with E-state index in [-0.39, 0.29) is 88.8 Å². The second-order valence-corrected chi connectivity index (χ2v) is 25.8. The summed E-state index contributed by atoms with van der Waals surface area (Å²) in [6.45, 7) is 4.87. The second kappa shape index (κ2) is 48.9. The zero-order valence-corrected chi connectivity index (χ0v) is 60.9. The fraction of sp³-hybridized carbons (Fsp3) is 0.646. The molecule has 1 saturated carbocycles. The summed E-state index contributed by atoms with van der Waals surface area (Å²) >= 11 is 4.04. The van der Waals surface area contributed by atoms with Gasteiger partial charge >= 0.3 is 5.97 Å². The van der Waals surface area contributed by atoms with Crippen molar-refractivity contribution in [2.24, 2.45) is 34.8 Å². The maximum absolute atomic E-state index is 15.1. The van der Waals surface area contributed by atoms with E-state index >= 15 is 4.79 Å². The summed E-state index contributed by atoms with van der Waals surface area (Å²) in [5, 5.41) is 86.2. The summed E-state index contributed by atoms with van der Waals surface area (Å²) < 4.78 is 0. The molecule has 12 amide bonds. The number of rotatable bonds is 49. The molecule has 1 aromatic carbocycles. The van der Waals surface area contributed by atoms with Crippen LogP contribution in [-0.4, -0.2) is 245 Å². The van der Waals surface area contributed by atoms with Gasteiger partial charge in [-0.25, -0.2) is 0 Å². The number of hydrogen-bond donors (Lipinski definition) is 25. The van der Waals surface area contributed by atoms with Crippen molar-refractivity contribution in [3.63, 3.8) is 0 Å². The number of aliphatic carboxylic acids is 1. The number of aliphatic hydroxyl groups excluding tert-OH is 2. The summed E-state index contributed by atoms with van der Waals surface area (Å²) in [7, 11) is 0. The van der Waals surface area contributed by atoms with Gasteiger partial charge in [0, 0.05) is 37.8 Å². The Morgan fingerprint density at radius 1 is 0.533 bits per heavy atom. The first-order valence-electron chi connectivity index (χ1n) is 34.8. The summed E-state index contributed by atoms with van der Waals surface area (Å²) in [6, 6.07) is -7.63. The predicted octanol–water partition coefficient (Wildman–Crippen LogP) is -6.92. The van der Waals surface area contributed by atoms with E-state index in [1.165, 1.54) is 11.8 Å². The number of guanidine groups is 3. The quantitative estimate of drug-likeness (QED) is 0.0125. The Kier molecular flexibility index (Phi) is 42.4. The van der Waals surface area contributed by atoms with Gasteiger partial charge in [-0.2, -0.15) is 12.6 Å². The smallest absolute Gasteiger partial charge is 0.305 e. The Labute approximate surface area is 615 Å². The minimum atomic E-state index is -1.95. The average Bonchev–Trinajstić information content (AvgIpc) is 0.815. The number of nitrogens with zero attached hydrogens (tertiary/aromatic N) is 1. The normalized spacial score (nSPS) is 15.7. The van der Waals surface area contributed by atoms with Gasteiger partial charge < -0.3 is 118 Å². The molecule has 587 valence electrons. The predicted molar refractivity (Wildman–Crippen MR) is 387 cm³/mol. The van der Waals surface area contributed by atoms with Gasteiger partial charge in [-0.05, 0) is 75.7 Å². The fourth-order valence-corrected chi connectivity index (χ4v) is 11.1. The number of benzene rings is 1. The molecule has 1 fully saturated rings. The third kappa shape index (κ3) is 34.0. The fourth-order valence-electron chi connectivity index (χ4n) is 10.8. The van der Waals surface area contributed by atoms with Gasteiger partial charge in [-0.1, -0.05) is 90.1 Å². The number of carbonyl (C=O) groups excluding carboxylic acids is 13. The molecule has 28 N–H and O–H groups in total. The van der Waals surface area contributed by atoms with Crippen LogP contribution in [0.5, 0.6) is 0 Å². The standard InChI is InChI=1S/C65H109N22O17S/c1-6-35(3)51(85-55(97)42(22-15-25-74-64(69)70)79-49(92)30-76-48(91)29-77-53(95)37(5)78-59(101)47(34-105)84-58(100)46(33-90)83-54(96)41(66)32-89)60(102)81-44(28-50(93)94)57(99)80-43(23-16-26-75-65(71)72)56(98)86-52(36(4)7-2)61(103)82-45(27-38-17-10-8-11-18-38)62(104)87(39-19-12-9-13-20-39)40(31-88)21-14-24-73-63(67)68/h8,10-11,17-18,35-37,39-47,51-52,89-90,105H,6-7,9,12-16,19-30,32-34,66H2,1-5H3,(H,76,91)(H,77,95)(H,78,101)(H,79,92)(H,80,99)(H,81,102)(H,82,103)(H,83,96)(H,84,100)(H,85,97)(H,86,98)(H,93,94)(H4,67,68,73)(H4,69,70,74)(H4,71,72,75)/t35-,36-,37-,40-,41-,42-,43-,44-,45-,46-,47-,51-,52-/m0/s1. The molecule has 0 heterocycles. The van der Waals surface area contributed by atoms with E-state index < -0.39 is 200 Å². The minimum Gasteiger partial charge on any atom is -0.481 e.